The predicted octanol–water partition coefficient (Wildman–Crippen LogP) is 3.68. The number of nitrogens with zero attached hydrogens (tertiary/aromatic N) is 1. The van der Waals surface area contributed by atoms with Crippen LogP contribution in [0.5, 0.6) is 23.0 Å². The molecule has 2 N–H and O–H groups in total. The van der Waals surface area contributed by atoms with Crippen molar-refractivity contribution in [1.82, 2.24) is 10.6 Å². The summed E-state index contributed by atoms with van der Waals surface area (Å²) in [5.74, 6) is 3.59. The van der Waals surface area contributed by atoms with Gasteiger partial charge in [0.15, 0.2) is 29.0 Å². The second-order valence-corrected chi connectivity index (χ2v) is 6.63. The number of methoxy groups -OCH3 is 2. The number of rotatable bonds is 6. The van der Waals surface area contributed by atoms with Gasteiger partial charge in [-0.2, -0.15) is 0 Å². The molecular formula is C19H23BrIN3O4. The van der Waals surface area contributed by atoms with E-state index < -0.39 is 0 Å². The van der Waals surface area contributed by atoms with Gasteiger partial charge in [-0.3, -0.25) is 4.99 Å². The molecule has 3 rings (SSSR count). The number of aliphatic imine (C=N–C) groups is 1. The van der Waals surface area contributed by atoms with E-state index in [0.29, 0.717) is 30.5 Å². The standard InChI is InChI=1S/C19H22BrN3O4.HI/c1-21-19(22-9-12-4-5-15-16(7-12)27-11-26-15)23-10-13-6-14(20)18(25-3)17(8-13)24-2;/h4-8H,9-11H2,1-3H3,(H2,21,22,23);1H. The molecule has 152 valence electrons. The van der Waals surface area contributed by atoms with Crippen LogP contribution < -0.4 is 29.6 Å². The number of halogens is 2. The van der Waals surface area contributed by atoms with Crippen molar-refractivity contribution in [2.45, 2.75) is 13.1 Å². The Kier molecular flexibility index (Phi) is 8.49. The van der Waals surface area contributed by atoms with E-state index >= 15 is 0 Å². The van der Waals surface area contributed by atoms with Crippen LogP contribution in [-0.2, 0) is 13.1 Å². The third kappa shape index (κ3) is 5.34. The van der Waals surface area contributed by atoms with E-state index in [0.717, 1.165) is 27.1 Å². The second kappa shape index (κ2) is 10.6. The van der Waals surface area contributed by atoms with Gasteiger partial charge < -0.3 is 29.6 Å². The normalized spacial score (nSPS) is 12.2. The first-order valence-electron chi connectivity index (χ1n) is 8.38. The van der Waals surface area contributed by atoms with Gasteiger partial charge in [-0.15, -0.1) is 24.0 Å². The van der Waals surface area contributed by atoms with Gasteiger partial charge in [0.1, 0.15) is 0 Å². The molecule has 0 amide bonds. The number of hydrogen-bond acceptors (Lipinski definition) is 5. The minimum atomic E-state index is 0. The predicted molar refractivity (Wildman–Crippen MR) is 122 cm³/mol. The molecule has 0 bridgehead atoms. The zero-order chi connectivity index (χ0) is 19.2. The number of benzene rings is 2. The van der Waals surface area contributed by atoms with E-state index in [9.17, 15) is 0 Å². The van der Waals surface area contributed by atoms with Crippen molar-refractivity contribution in [2.24, 2.45) is 4.99 Å². The highest BCUT2D eigenvalue weighted by Gasteiger charge is 2.13. The monoisotopic (exact) mass is 563 g/mol. The van der Waals surface area contributed by atoms with Crippen LogP contribution in [0.2, 0.25) is 0 Å². The molecule has 1 aliphatic rings. The Morgan fingerprint density at radius 1 is 1.04 bits per heavy atom. The van der Waals surface area contributed by atoms with Crippen LogP contribution in [-0.4, -0.2) is 34.0 Å². The largest absolute Gasteiger partial charge is 0.493 e. The Morgan fingerprint density at radius 2 is 1.75 bits per heavy atom. The highest BCUT2D eigenvalue weighted by Crippen LogP contribution is 2.36. The molecule has 0 radical (unpaired) electrons. The lowest BCUT2D eigenvalue weighted by Crippen LogP contribution is -2.36. The van der Waals surface area contributed by atoms with E-state index in [4.69, 9.17) is 18.9 Å². The highest BCUT2D eigenvalue weighted by molar-refractivity contribution is 14.0. The number of nitrogens with one attached hydrogen (secondary N) is 2. The first-order chi connectivity index (χ1) is 13.1. The molecule has 0 fully saturated rings. The summed E-state index contributed by atoms with van der Waals surface area (Å²) in [5, 5.41) is 6.58. The molecule has 28 heavy (non-hydrogen) atoms. The maximum Gasteiger partial charge on any atom is 0.231 e. The summed E-state index contributed by atoms with van der Waals surface area (Å²) in [7, 11) is 4.97. The van der Waals surface area contributed by atoms with Crippen molar-refractivity contribution >= 4 is 45.9 Å². The van der Waals surface area contributed by atoms with Gasteiger partial charge in [-0.25, -0.2) is 0 Å². The van der Waals surface area contributed by atoms with Crippen LogP contribution in [0.4, 0.5) is 0 Å². The van der Waals surface area contributed by atoms with Crippen LogP contribution in [0.3, 0.4) is 0 Å². The third-order valence-corrected chi connectivity index (χ3v) is 4.66. The Labute approximate surface area is 189 Å². The van der Waals surface area contributed by atoms with Gasteiger partial charge in [0.2, 0.25) is 6.79 Å². The summed E-state index contributed by atoms with van der Waals surface area (Å²) < 4.78 is 22.3. The lowest BCUT2D eigenvalue weighted by atomic mass is 10.2. The molecule has 0 spiro atoms. The Hall–Kier alpha value is -1.88. The van der Waals surface area contributed by atoms with Gasteiger partial charge >= 0.3 is 0 Å². The maximum absolute atomic E-state index is 5.41. The molecule has 0 saturated carbocycles. The fourth-order valence-corrected chi connectivity index (χ4v) is 3.37. The first kappa shape index (κ1) is 22.4. The summed E-state index contributed by atoms with van der Waals surface area (Å²) >= 11 is 3.51. The number of hydrogen-bond donors (Lipinski definition) is 2. The molecule has 0 saturated heterocycles. The summed E-state index contributed by atoms with van der Waals surface area (Å²) in [4.78, 5) is 4.26. The van der Waals surface area contributed by atoms with E-state index in [1.54, 1.807) is 21.3 Å². The van der Waals surface area contributed by atoms with Gasteiger partial charge in [-0.1, -0.05) is 6.07 Å². The van der Waals surface area contributed by atoms with Gasteiger partial charge in [0.05, 0.1) is 18.7 Å². The summed E-state index contributed by atoms with van der Waals surface area (Å²) in [6, 6.07) is 9.80. The molecule has 7 nitrogen and oxygen atoms in total. The van der Waals surface area contributed by atoms with Gasteiger partial charge in [-0.05, 0) is 51.3 Å². The molecule has 9 heteroatoms. The molecule has 1 heterocycles. The molecule has 2 aromatic rings. The third-order valence-electron chi connectivity index (χ3n) is 4.07. The summed E-state index contributed by atoms with van der Waals surface area (Å²) in [5.41, 5.74) is 2.11. The van der Waals surface area contributed by atoms with Gasteiger partial charge in [0.25, 0.3) is 0 Å². The Morgan fingerprint density at radius 3 is 2.43 bits per heavy atom. The van der Waals surface area contributed by atoms with E-state index in [1.165, 1.54) is 0 Å². The van der Waals surface area contributed by atoms with Crippen molar-refractivity contribution in [1.29, 1.82) is 0 Å². The first-order valence-corrected chi connectivity index (χ1v) is 9.17. The van der Waals surface area contributed by atoms with E-state index in [2.05, 4.69) is 31.6 Å². The quantitative estimate of drug-likeness (QED) is 0.317. The van der Waals surface area contributed by atoms with Crippen LogP contribution in [0.1, 0.15) is 11.1 Å². The molecule has 0 atom stereocenters. The topological polar surface area (TPSA) is 73.3 Å². The van der Waals surface area contributed by atoms with Crippen molar-refractivity contribution in [2.75, 3.05) is 28.1 Å². The van der Waals surface area contributed by atoms with Crippen molar-refractivity contribution < 1.29 is 18.9 Å². The Bertz CT molecular complexity index is 848. The van der Waals surface area contributed by atoms with E-state index in [1.807, 2.05) is 30.3 Å². The summed E-state index contributed by atoms with van der Waals surface area (Å²) in [6.45, 7) is 1.47. The zero-order valence-corrected chi connectivity index (χ0v) is 19.8. The zero-order valence-electron chi connectivity index (χ0n) is 15.9. The van der Waals surface area contributed by atoms with Crippen LogP contribution >= 0.6 is 39.9 Å². The van der Waals surface area contributed by atoms with Crippen LogP contribution in [0, 0.1) is 0 Å². The fourth-order valence-electron chi connectivity index (χ4n) is 2.72. The minimum absolute atomic E-state index is 0. The average molecular weight is 564 g/mol. The second-order valence-electron chi connectivity index (χ2n) is 5.78. The van der Waals surface area contributed by atoms with Crippen molar-refractivity contribution in [3.8, 4) is 23.0 Å². The van der Waals surface area contributed by atoms with Crippen molar-refractivity contribution in [3.05, 3.63) is 45.9 Å². The lowest BCUT2D eigenvalue weighted by Gasteiger charge is -2.15. The number of fused-ring (bicyclic) bond motifs is 1. The molecule has 0 aliphatic carbocycles. The fraction of sp³-hybridized carbons (Fsp3) is 0.316. The van der Waals surface area contributed by atoms with Crippen LogP contribution in [0.25, 0.3) is 0 Å². The highest BCUT2D eigenvalue weighted by atomic mass is 127. The molecular weight excluding hydrogens is 541 g/mol. The number of ether oxygens (including phenoxy) is 4. The van der Waals surface area contributed by atoms with Crippen molar-refractivity contribution in [3.63, 3.8) is 0 Å². The SMILES string of the molecule is CN=C(NCc1ccc2c(c1)OCO2)NCc1cc(Br)c(OC)c(OC)c1.I. The Balaban J connectivity index is 0.00000280. The van der Waals surface area contributed by atoms with Crippen LogP contribution in [0.15, 0.2) is 39.8 Å². The molecule has 0 aromatic heterocycles. The smallest absolute Gasteiger partial charge is 0.231 e. The average Bonchev–Trinajstić information content (AvgIpc) is 3.15. The molecule has 0 unspecified atom stereocenters. The summed E-state index contributed by atoms with van der Waals surface area (Å²) in [6.07, 6.45) is 0. The molecule has 1 aliphatic heterocycles. The minimum Gasteiger partial charge on any atom is -0.493 e. The lowest BCUT2D eigenvalue weighted by molar-refractivity contribution is 0.174. The van der Waals surface area contributed by atoms with Gasteiger partial charge in [0, 0.05) is 20.1 Å². The number of guanidine groups is 1. The molecule has 2 aromatic carbocycles. The maximum atomic E-state index is 5.41. The van der Waals surface area contributed by atoms with E-state index in [-0.39, 0.29) is 30.8 Å².